The van der Waals surface area contributed by atoms with Crippen LogP contribution in [-0.2, 0) is 19.4 Å². The number of carboxylic acids is 1. The first-order valence-corrected chi connectivity index (χ1v) is 9.84. The van der Waals surface area contributed by atoms with E-state index in [-0.39, 0.29) is 12.2 Å². The molecule has 2 N–H and O–H groups in total. The number of benzene rings is 2. The van der Waals surface area contributed by atoms with E-state index in [2.05, 4.69) is 5.32 Å². The Morgan fingerprint density at radius 1 is 1.12 bits per heavy atom. The van der Waals surface area contributed by atoms with Crippen molar-refractivity contribution in [2.24, 2.45) is 0 Å². The van der Waals surface area contributed by atoms with Crippen molar-refractivity contribution in [3.63, 3.8) is 0 Å². The molecule has 0 saturated carbocycles. The predicted molar refractivity (Wildman–Crippen MR) is 96.0 cm³/mol. The van der Waals surface area contributed by atoms with Gasteiger partial charge in [-0.1, -0.05) is 49.4 Å². The Labute approximate surface area is 146 Å². The molecule has 2 aromatic carbocycles. The molecule has 0 bridgehead atoms. The Balaban J connectivity index is 2.30. The van der Waals surface area contributed by atoms with Crippen LogP contribution in [-0.4, -0.2) is 36.9 Å². The number of carboxylic acid groups (broad SMARTS) is 1. The first kappa shape index (κ1) is 18.9. The maximum Gasteiger partial charge on any atom is 0.305 e. The Bertz CT molecular complexity index is 871. The van der Waals surface area contributed by atoms with Crippen molar-refractivity contribution < 1.29 is 23.1 Å². The van der Waals surface area contributed by atoms with E-state index in [1.807, 2.05) is 30.3 Å². The molecule has 0 unspecified atom stereocenters. The molecule has 0 radical (unpaired) electrons. The molecule has 2 rings (SSSR count). The lowest BCUT2D eigenvalue weighted by Crippen LogP contribution is -2.35. The Morgan fingerprint density at radius 2 is 1.80 bits per heavy atom. The van der Waals surface area contributed by atoms with Crippen LogP contribution in [0.4, 0.5) is 0 Å². The zero-order valence-corrected chi connectivity index (χ0v) is 14.8. The number of carbonyl (C=O) groups is 2. The van der Waals surface area contributed by atoms with Crippen molar-refractivity contribution in [2.45, 2.75) is 25.8 Å². The summed E-state index contributed by atoms with van der Waals surface area (Å²) in [6, 6.07) is 12.1. The van der Waals surface area contributed by atoms with Crippen molar-refractivity contribution in [2.75, 3.05) is 11.5 Å². The highest BCUT2D eigenvalue weighted by molar-refractivity contribution is 7.92. The summed E-state index contributed by atoms with van der Waals surface area (Å²) in [5, 5.41) is 13.5. The van der Waals surface area contributed by atoms with Crippen LogP contribution in [0.1, 0.15) is 31.4 Å². The fourth-order valence-electron chi connectivity index (χ4n) is 2.79. The molecule has 134 valence electrons. The fourth-order valence-corrected chi connectivity index (χ4v) is 4.04. The summed E-state index contributed by atoms with van der Waals surface area (Å²) >= 11 is 0. The summed E-state index contributed by atoms with van der Waals surface area (Å²) in [5.41, 5.74) is 0.654. The highest BCUT2D eigenvalue weighted by atomic mass is 32.2. The SMILES string of the molecule is CCCS(=O)(=O)CC(=O)N[C@H](CC(=O)O)c1cccc2ccccc12. The van der Waals surface area contributed by atoms with Gasteiger partial charge in [-0.05, 0) is 22.8 Å². The maximum absolute atomic E-state index is 12.2. The molecule has 1 amide bonds. The summed E-state index contributed by atoms with van der Waals surface area (Å²) in [6.45, 7) is 1.72. The van der Waals surface area contributed by atoms with Gasteiger partial charge in [0, 0.05) is 0 Å². The average Bonchev–Trinajstić information content (AvgIpc) is 2.52. The molecule has 0 fully saturated rings. The van der Waals surface area contributed by atoms with E-state index in [0.717, 1.165) is 10.8 Å². The van der Waals surface area contributed by atoms with Gasteiger partial charge < -0.3 is 10.4 Å². The Kier molecular flexibility index (Phi) is 6.14. The number of rotatable bonds is 8. The molecule has 0 heterocycles. The number of carbonyl (C=O) groups excluding carboxylic acids is 1. The van der Waals surface area contributed by atoms with Crippen molar-refractivity contribution in [3.8, 4) is 0 Å². The van der Waals surface area contributed by atoms with E-state index in [9.17, 15) is 23.1 Å². The second kappa shape index (κ2) is 8.11. The van der Waals surface area contributed by atoms with Crippen molar-refractivity contribution in [1.82, 2.24) is 5.32 Å². The van der Waals surface area contributed by atoms with E-state index in [0.29, 0.717) is 12.0 Å². The molecule has 0 saturated heterocycles. The summed E-state index contributed by atoms with van der Waals surface area (Å²) in [5.74, 6) is -2.47. The minimum atomic E-state index is -3.49. The van der Waals surface area contributed by atoms with Crippen molar-refractivity contribution in [3.05, 3.63) is 48.0 Å². The van der Waals surface area contributed by atoms with Gasteiger partial charge in [0.2, 0.25) is 5.91 Å². The third-order valence-electron chi connectivity index (χ3n) is 3.78. The standard InChI is InChI=1S/C18H21NO5S/c1-2-10-25(23,24)12-17(20)19-16(11-18(21)22)15-9-5-7-13-6-3-4-8-14(13)15/h3-9,16H,2,10-12H2,1H3,(H,19,20)(H,21,22)/t16-/m1/s1. The summed E-state index contributed by atoms with van der Waals surface area (Å²) in [6.07, 6.45) is 0.102. The molecule has 0 aliphatic heterocycles. The van der Waals surface area contributed by atoms with E-state index in [1.165, 1.54) is 0 Å². The maximum atomic E-state index is 12.2. The molecule has 0 aromatic heterocycles. The third kappa shape index (κ3) is 5.29. The topological polar surface area (TPSA) is 101 Å². The second-order valence-electron chi connectivity index (χ2n) is 5.88. The van der Waals surface area contributed by atoms with Crippen LogP contribution in [0.2, 0.25) is 0 Å². The lowest BCUT2D eigenvalue weighted by atomic mass is 9.96. The first-order chi connectivity index (χ1) is 11.8. The highest BCUT2D eigenvalue weighted by Crippen LogP contribution is 2.26. The number of sulfone groups is 1. The van der Waals surface area contributed by atoms with E-state index < -0.39 is 33.5 Å². The Hall–Kier alpha value is -2.41. The summed E-state index contributed by atoms with van der Waals surface area (Å²) in [7, 11) is -3.49. The number of aliphatic carboxylic acids is 1. The molecular formula is C18H21NO5S. The van der Waals surface area contributed by atoms with Crippen LogP contribution in [0.3, 0.4) is 0 Å². The molecular weight excluding hydrogens is 342 g/mol. The molecule has 2 aromatic rings. The molecule has 0 aliphatic carbocycles. The lowest BCUT2D eigenvalue weighted by Gasteiger charge is -2.19. The number of hydrogen-bond acceptors (Lipinski definition) is 4. The number of fused-ring (bicyclic) bond motifs is 1. The Morgan fingerprint density at radius 3 is 2.48 bits per heavy atom. The normalized spacial score (nSPS) is 12.7. The van der Waals surface area contributed by atoms with Gasteiger partial charge in [-0.3, -0.25) is 9.59 Å². The van der Waals surface area contributed by atoms with Crippen LogP contribution in [0.25, 0.3) is 10.8 Å². The van der Waals surface area contributed by atoms with Gasteiger partial charge >= 0.3 is 5.97 Å². The molecule has 0 spiro atoms. The van der Waals surface area contributed by atoms with E-state index >= 15 is 0 Å². The van der Waals surface area contributed by atoms with Gasteiger partial charge in [-0.2, -0.15) is 0 Å². The van der Waals surface area contributed by atoms with Gasteiger partial charge in [0.1, 0.15) is 5.75 Å². The van der Waals surface area contributed by atoms with Crippen LogP contribution in [0, 0.1) is 0 Å². The van der Waals surface area contributed by atoms with E-state index in [1.54, 1.807) is 19.1 Å². The number of hydrogen-bond donors (Lipinski definition) is 2. The minimum Gasteiger partial charge on any atom is -0.481 e. The molecule has 1 atom stereocenters. The molecule has 0 aliphatic rings. The quantitative estimate of drug-likeness (QED) is 0.749. The molecule has 6 nitrogen and oxygen atoms in total. The zero-order valence-electron chi connectivity index (χ0n) is 13.9. The van der Waals surface area contributed by atoms with Crippen molar-refractivity contribution >= 4 is 32.5 Å². The summed E-state index contributed by atoms with van der Waals surface area (Å²) in [4.78, 5) is 23.4. The molecule has 7 heteroatoms. The van der Waals surface area contributed by atoms with Gasteiger partial charge in [0.15, 0.2) is 9.84 Å². The van der Waals surface area contributed by atoms with Gasteiger partial charge in [0.25, 0.3) is 0 Å². The predicted octanol–water partition coefficient (Wildman–Crippen LogP) is 2.30. The van der Waals surface area contributed by atoms with Crippen LogP contribution >= 0.6 is 0 Å². The highest BCUT2D eigenvalue weighted by Gasteiger charge is 2.23. The largest absolute Gasteiger partial charge is 0.481 e. The first-order valence-electron chi connectivity index (χ1n) is 8.01. The van der Waals surface area contributed by atoms with Crippen molar-refractivity contribution in [1.29, 1.82) is 0 Å². The monoisotopic (exact) mass is 363 g/mol. The van der Waals surface area contributed by atoms with Crippen LogP contribution in [0.15, 0.2) is 42.5 Å². The van der Waals surface area contributed by atoms with Crippen LogP contribution < -0.4 is 5.32 Å². The smallest absolute Gasteiger partial charge is 0.305 e. The van der Waals surface area contributed by atoms with Gasteiger partial charge in [-0.15, -0.1) is 0 Å². The molecule has 25 heavy (non-hydrogen) atoms. The number of nitrogens with one attached hydrogen (secondary N) is 1. The average molecular weight is 363 g/mol. The second-order valence-corrected chi connectivity index (χ2v) is 8.06. The van der Waals surface area contributed by atoms with Gasteiger partial charge in [-0.25, -0.2) is 8.42 Å². The third-order valence-corrected chi connectivity index (χ3v) is 5.51. The zero-order chi connectivity index (χ0) is 18.4. The fraction of sp³-hybridized carbons (Fsp3) is 0.333. The van der Waals surface area contributed by atoms with Crippen LogP contribution in [0.5, 0.6) is 0 Å². The number of amides is 1. The van der Waals surface area contributed by atoms with Gasteiger partial charge in [0.05, 0.1) is 18.2 Å². The lowest BCUT2D eigenvalue weighted by molar-refractivity contribution is -0.137. The van der Waals surface area contributed by atoms with E-state index in [4.69, 9.17) is 0 Å². The summed E-state index contributed by atoms with van der Waals surface area (Å²) < 4.78 is 23.6. The minimum absolute atomic E-state index is 0.0711.